The van der Waals surface area contributed by atoms with E-state index in [-0.39, 0.29) is 31.0 Å². The molecule has 22 heavy (non-hydrogen) atoms. The number of aliphatic hydroxyl groups is 1. The van der Waals surface area contributed by atoms with Crippen LogP contribution in [0.5, 0.6) is 5.75 Å². The molecule has 0 aromatic heterocycles. The van der Waals surface area contributed by atoms with Gasteiger partial charge in [0.05, 0.1) is 12.2 Å². The van der Waals surface area contributed by atoms with Crippen LogP contribution in [-0.2, 0) is 6.61 Å². The Morgan fingerprint density at radius 2 is 1.91 bits per heavy atom. The van der Waals surface area contributed by atoms with E-state index in [9.17, 15) is 9.18 Å². The molecule has 2 aromatic rings. The van der Waals surface area contributed by atoms with Crippen molar-refractivity contribution in [3.05, 3.63) is 65.5 Å². The number of carbonyl (C=O) groups is 1. The van der Waals surface area contributed by atoms with Crippen LogP contribution in [0.4, 0.5) is 4.39 Å². The Hall–Kier alpha value is -2.40. The van der Waals surface area contributed by atoms with Crippen LogP contribution in [0.25, 0.3) is 0 Å². The number of para-hydroxylation sites is 1. The summed E-state index contributed by atoms with van der Waals surface area (Å²) in [6.45, 7) is 1.81. The van der Waals surface area contributed by atoms with E-state index in [1.807, 2.05) is 0 Å². The van der Waals surface area contributed by atoms with E-state index in [1.165, 1.54) is 12.1 Å². The summed E-state index contributed by atoms with van der Waals surface area (Å²) in [4.78, 5) is 12.1. The van der Waals surface area contributed by atoms with Crippen LogP contribution in [0.15, 0.2) is 48.5 Å². The highest BCUT2D eigenvalue weighted by Crippen LogP contribution is 2.19. The fourth-order valence-corrected chi connectivity index (χ4v) is 1.87. The number of nitrogens with one attached hydrogen (secondary N) is 1. The largest absolute Gasteiger partial charge is 0.488 e. The first kappa shape index (κ1) is 16.0. The maximum Gasteiger partial charge on any atom is 0.255 e. The Kier molecular flexibility index (Phi) is 5.49. The second-order valence-electron chi connectivity index (χ2n) is 4.97. The molecule has 0 fully saturated rings. The van der Waals surface area contributed by atoms with E-state index in [0.29, 0.717) is 11.3 Å². The first-order chi connectivity index (χ1) is 10.6. The highest BCUT2D eigenvalue weighted by atomic mass is 19.1. The van der Waals surface area contributed by atoms with Crippen LogP contribution in [0.3, 0.4) is 0 Å². The van der Waals surface area contributed by atoms with Gasteiger partial charge in [-0.1, -0.05) is 24.3 Å². The maximum atomic E-state index is 12.9. The predicted octanol–water partition coefficient (Wildman–Crippen LogP) is 2.52. The highest BCUT2D eigenvalue weighted by molar-refractivity contribution is 5.97. The molecule has 2 rings (SSSR count). The molecule has 2 N–H and O–H groups in total. The summed E-state index contributed by atoms with van der Waals surface area (Å²) in [5, 5.41) is 11.7. The molecule has 0 spiro atoms. The van der Waals surface area contributed by atoms with Gasteiger partial charge in [-0.15, -0.1) is 0 Å². The van der Waals surface area contributed by atoms with Crippen molar-refractivity contribution in [2.24, 2.45) is 0 Å². The molecule has 116 valence electrons. The third kappa shape index (κ3) is 4.30. The molecule has 0 heterocycles. The third-order valence-electron chi connectivity index (χ3n) is 3.09. The van der Waals surface area contributed by atoms with Gasteiger partial charge in [-0.05, 0) is 36.8 Å². The normalized spacial score (nSPS) is 11.8. The molecule has 1 unspecified atom stereocenters. The zero-order valence-corrected chi connectivity index (χ0v) is 12.3. The molecule has 0 aliphatic carbocycles. The predicted molar refractivity (Wildman–Crippen MR) is 81.2 cm³/mol. The van der Waals surface area contributed by atoms with Crippen molar-refractivity contribution in [1.82, 2.24) is 5.32 Å². The Bertz CT molecular complexity index is 628. The minimum absolute atomic E-state index is 0.135. The average Bonchev–Trinajstić information content (AvgIpc) is 2.54. The lowest BCUT2D eigenvalue weighted by molar-refractivity contribution is 0.0918. The number of aliphatic hydroxyl groups excluding tert-OH is 1. The number of ether oxygens (including phenoxy) is 1. The fraction of sp³-hybridized carbons (Fsp3) is 0.235. The van der Waals surface area contributed by atoms with Crippen LogP contribution < -0.4 is 10.1 Å². The number of amides is 1. The van der Waals surface area contributed by atoms with Crippen LogP contribution in [-0.4, -0.2) is 23.7 Å². The summed E-state index contributed by atoms with van der Waals surface area (Å²) in [5.41, 5.74) is 1.20. The van der Waals surface area contributed by atoms with E-state index >= 15 is 0 Å². The summed E-state index contributed by atoms with van der Waals surface area (Å²) < 4.78 is 18.5. The van der Waals surface area contributed by atoms with Gasteiger partial charge in [0.25, 0.3) is 5.91 Å². The first-order valence-corrected chi connectivity index (χ1v) is 6.98. The van der Waals surface area contributed by atoms with Gasteiger partial charge < -0.3 is 15.2 Å². The second-order valence-corrected chi connectivity index (χ2v) is 4.97. The Morgan fingerprint density at radius 1 is 1.23 bits per heavy atom. The summed E-state index contributed by atoms with van der Waals surface area (Å²) in [6.07, 6.45) is 0. The van der Waals surface area contributed by atoms with Gasteiger partial charge in [-0.25, -0.2) is 4.39 Å². The van der Waals surface area contributed by atoms with Crippen molar-refractivity contribution in [1.29, 1.82) is 0 Å². The van der Waals surface area contributed by atoms with E-state index in [4.69, 9.17) is 9.84 Å². The van der Waals surface area contributed by atoms with E-state index in [2.05, 4.69) is 5.32 Å². The zero-order chi connectivity index (χ0) is 15.9. The molecule has 0 saturated heterocycles. The van der Waals surface area contributed by atoms with Crippen LogP contribution >= 0.6 is 0 Å². The number of benzene rings is 2. The van der Waals surface area contributed by atoms with Crippen molar-refractivity contribution in [3.8, 4) is 5.75 Å². The molecule has 4 nitrogen and oxygen atoms in total. The molecule has 2 aromatic carbocycles. The topological polar surface area (TPSA) is 58.6 Å². The van der Waals surface area contributed by atoms with E-state index in [0.717, 1.165) is 5.56 Å². The van der Waals surface area contributed by atoms with E-state index < -0.39 is 0 Å². The van der Waals surface area contributed by atoms with Gasteiger partial charge >= 0.3 is 0 Å². The molecule has 5 heteroatoms. The van der Waals surface area contributed by atoms with Crippen molar-refractivity contribution >= 4 is 5.91 Å². The molecular weight excluding hydrogens is 285 g/mol. The van der Waals surface area contributed by atoms with Crippen molar-refractivity contribution in [3.63, 3.8) is 0 Å². The quantitative estimate of drug-likeness (QED) is 0.862. The van der Waals surface area contributed by atoms with Gasteiger partial charge in [-0.3, -0.25) is 4.79 Å². The lowest BCUT2D eigenvalue weighted by Gasteiger charge is -2.14. The first-order valence-electron chi connectivity index (χ1n) is 6.98. The molecule has 1 amide bonds. The Morgan fingerprint density at radius 3 is 2.59 bits per heavy atom. The number of halogens is 1. The standard InChI is InChI=1S/C17H18FNO3/c1-12(10-20)19-17(21)15-4-2-3-5-16(15)22-11-13-6-8-14(18)9-7-13/h2-9,12,20H,10-11H2,1H3,(H,19,21). The summed E-state index contributed by atoms with van der Waals surface area (Å²) in [5.74, 6) is -0.174. The molecule has 0 saturated carbocycles. The monoisotopic (exact) mass is 303 g/mol. The SMILES string of the molecule is CC(CO)NC(=O)c1ccccc1OCc1ccc(F)cc1. The number of hydrogen-bond donors (Lipinski definition) is 2. The zero-order valence-electron chi connectivity index (χ0n) is 12.3. The molecule has 1 atom stereocenters. The lowest BCUT2D eigenvalue weighted by Crippen LogP contribution is -2.35. The molecule has 0 bridgehead atoms. The average molecular weight is 303 g/mol. The summed E-state index contributed by atoms with van der Waals surface area (Å²) >= 11 is 0. The minimum Gasteiger partial charge on any atom is -0.488 e. The van der Waals surface area contributed by atoms with Crippen LogP contribution in [0.1, 0.15) is 22.8 Å². The highest BCUT2D eigenvalue weighted by Gasteiger charge is 2.14. The van der Waals surface area contributed by atoms with Crippen LogP contribution in [0.2, 0.25) is 0 Å². The smallest absolute Gasteiger partial charge is 0.255 e. The fourth-order valence-electron chi connectivity index (χ4n) is 1.87. The molecule has 0 radical (unpaired) electrons. The summed E-state index contributed by atoms with van der Waals surface area (Å²) in [7, 11) is 0. The molecule has 0 aliphatic rings. The van der Waals surface area contributed by atoms with Gasteiger partial charge in [0, 0.05) is 6.04 Å². The minimum atomic E-state index is -0.336. The second kappa shape index (κ2) is 7.56. The van der Waals surface area contributed by atoms with Gasteiger partial charge in [0.2, 0.25) is 0 Å². The number of hydrogen-bond acceptors (Lipinski definition) is 3. The van der Waals surface area contributed by atoms with Gasteiger partial charge in [0.1, 0.15) is 18.2 Å². The third-order valence-corrected chi connectivity index (χ3v) is 3.09. The molecule has 0 aliphatic heterocycles. The lowest BCUT2D eigenvalue weighted by atomic mass is 10.1. The number of rotatable bonds is 6. The number of carbonyl (C=O) groups excluding carboxylic acids is 1. The van der Waals surface area contributed by atoms with Gasteiger partial charge in [-0.2, -0.15) is 0 Å². The van der Waals surface area contributed by atoms with Crippen molar-refractivity contribution in [2.75, 3.05) is 6.61 Å². The van der Waals surface area contributed by atoms with Crippen molar-refractivity contribution < 1.29 is 19.0 Å². The van der Waals surface area contributed by atoms with Crippen molar-refractivity contribution in [2.45, 2.75) is 19.6 Å². The van der Waals surface area contributed by atoms with Crippen LogP contribution in [0, 0.1) is 5.82 Å². The van der Waals surface area contributed by atoms with Gasteiger partial charge in [0.15, 0.2) is 0 Å². The summed E-state index contributed by atoms with van der Waals surface area (Å²) in [6, 6.07) is 12.5. The Labute approximate surface area is 128 Å². The molecular formula is C17H18FNO3. The van der Waals surface area contributed by atoms with E-state index in [1.54, 1.807) is 43.3 Å². The Balaban J connectivity index is 2.07. The maximum absolute atomic E-state index is 12.9.